The molecule has 3 N–H and O–H groups in total. The Hall–Kier alpha value is -0.830. The Kier molecular flexibility index (Phi) is 8.16. The standard InChI is InChI=1S/C15H26N4O2.HI/c1-3-16-14(17-10-12-7-9-21-19-12)18-11-15(2)8-5-4-6-13(15)20;/h7,9,13,20H,3-6,8,10-11H2,1-2H3,(H2,16,17,18);1H. The molecule has 1 heterocycles. The van der Waals surface area contributed by atoms with Crippen LogP contribution >= 0.6 is 24.0 Å². The SMILES string of the molecule is CCNC(=NCc1ccon1)NCC1(C)CCCCC1O.I. The lowest BCUT2D eigenvalue weighted by Crippen LogP contribution is -2.48. The highest BCUT2D eigenvalue weighted by Crippen LogP contribution is 2.35. The number of hydrogen-bond donors (Lipinski definition) is 3. The van der Waals surface area contributed by atoms with Gasteiger partial charge in [0.2, 0.25) is 0 Å². The molecule has 0 bridgehead atoms. The number of rotatable bonds is 5. The Morgan fingerprint density at radius 2 is 2.32 bits per heavy atom. The van der Waals surface area contributed by atoms with Gasteiger partial charge in [-0.1, -0.05) is 24.9 Å². The Bertz CT molecular complexity index is 452. The van der Waals surface area contributed by atoms with Gasteiger partial charge in [-0.25, -0.2) is 4.99 Å². The molecule has 0 radical (unpaired) electrons. The number of halogens is 1. The zero-order chi connectivity index (χ0) is 15.1. The summed E-state index contributed by atoms with van der Waals surface area (Å²) in [6.45, 7) is 6.17. The molecule has 1 aliphatic carbocycles. The molecule has 7 heteroatoms. The van der Waals surface area contributed by atoms with Crippen molar-refractivity contribution in [2.75, 3.05) is 13.1 Å². The summed E-state index contributed by atoms with van der Waals surface area (Å²) >= 11 is 0. The second-order valence-electron chi connectivity index (χ2n) is 5.96. The second kappa shape index (κ2) is 9.34. The Labute approximate surface area is 149 Å². The molecule has 0 aliphatic heterocycles. The van der Waals surface area contributed by atoms with Crippen LogP contribution in [-0.2, 0) is 6.54 Å². The molecule has 2 rings (SSSR count). The topological polar surface area (TPSA) is 82.7 Å². The van der Waals surface area contributed by atoms with Crippen LogP contribution < -0.4 is 10.6 Å². The maximum absolute atomic E-state index is 10.2. The van der Waals surface area contributed by atoms with E-state index in [4.69, 9.17) is 4.52 Å². The van der Waals surface area contributed by atoms with Gasteiger partial charge in [-0.15, -0.1) is 24.0 Å². The number of nitrogens with zero attached hydrogens (tertiary/aromatic N) is 2. The molecule has 0 aromatic carbocycles. The van der Waals surface area contributed by atoms with E-state index in [1.54, 1.807) is 12.3 Å². The molecule has 2 atom stereocenters. The van der Waals surface area contributed by atoms with Gasteiger partial charge in [0.15, 0.2) is 5.96 Å². The van der Waals surface area contributed by atoms with Crippen molar-refractivity contribution in [1.29, 1.82) is 0 Å². The lowest BCUT2D eigenvalue weighted by molar-refractivity contribution is 0.00397. The fourth-order valence-corrected chi connectivity index (χ4v) is 2.69. The normalized spacial score (nSPS) is 25.4. The van der Waals surface area contributed by atoms with Crippen molar-refractivity contribution < 1.29 is 9.63 Å². The van der Waals surface area contributed by atoms with E-state index in [0.29, 0.717) is 6.54 Å². The lowest BCUT2D eigenvalue weighted by Gasteiger charge is -2.38. The minimum absolute atomic E-state index is 0. The Balaban J connectivity index is 0.00000242. The predicted octanol–water partition coefficient (Wildman–Crippen LogP) is 2.29. The van der Waals surface area contributed by atoms with Crippen LogP contribution in [0.4, 0.5) is 0 Å². The molecule has 0 spiro atoms. The van der Waals surface area contributed by atoms with Crippen LogP contribution in [0.2, 0.25) is 0 Å². The summed E-state index contributed by atoms with van der Waals surface area (Å²) in [4.78, 5) is 4.49. The molecule has 0 amide bonds. The molecule has 1 aliphatic rings. The third-order valence-electron chi connectivity index (χ3n) is 4.17. The van der Waals surface area contributed by atoms with Gasteiger partial charge in [-0.05, 0) is 19.8 Å². The zero-order valence-electron chi connectivity index (χ0n) is 13.3. The van der Waals surface area contributed by atoms with Crippen LogP contribution in [0.5, 0.6) is 0 Å². The number of guanidine groups is 1. The van der Waals surface area contributed by atoms with Gasteiger partial charge in [-0.2, -0.15) is 0 Å². The Morgan fingerprint density at radius 1 is 1.50 bits per heavy atom. The lowest BCUT2D eigenvalue weighted by atomic mass is 9.73. The predicted molar refractivity (Wildman–Crippen MR) is 97.3 cm³/mol. The summed E-state index contributed by atoms with van der Waals surface area (Å²) in [6, 6.07) is 1.80. The molecule has 0 saturated heterocycles. The first kappa shape index (κ1) is 19.2. The molecular formula is C15H27IN4O2. The smallest absolute Gasteiger partial charge is 0.191 e. The van der Waals surface area contributed by atoms with Crippen molar-refractivity contribution in [3.05, 3.63) is 18.0 Å². The van der Waals surface area contributed by atoms with E-state index in [-0.39, 0.29) is 35.5 Å². The van der Waals surface area contributed by atoms with Gasteiger partial charge >= 0.3 is 0 Å². The maximum atomic E-state index is 10.2. The number of aliphatic imine (C=N–C) groups is 1. The van der Waals surface area contributed by atoms with Crippen molar-refractivity contribution in [3.8, 4) is 0 Å². The zero-order valence-corrected chi connectivity index (χ0v) is 15.7. The number of aliphatic hydroxyl groups is 1. The first-order valence-electron chi connectivity index (χ1n) is 7.73. The van der Waals surface area contributed by atoms with Gasteiger partial charge in [0.1, 0.15) is 12.0 Å². The van der Waals surface area contributed by atoms with E-state index >= 15 is 0 Å². The minimum atomic E-state index is -0.239. The fourth-order valence-electron chi connectivity index (χ4n) is 2.69. The molecule has 1 aromatic rings. The first-order chi connectivity index (χ1) is 10.1. The number of hydrogen-bond acceptors (Lipinski definition) is 4. The summed E-state index contributed by atoms with van der Waals surface area (Å²) in [5.74, 6) is 0.750. The van der Waals surface area contributed by atoms with Gasteiger partial charge < -0.3 is 20.3 Å². The third kappa shape index (κ3) is 5.42. The van der Waals surface area contributed by atoms with E-state index in [1.165, 1.54) is 6.42 Å². The molecular weight excluding hydrogens is 395 g/mol. The summed E-state index contributed by atoms with van der Waals surface area (Å²) in [7, 11) is 0. The molecule has 126 valence electrons. The minimum Gasteiger partial charge on any atom is -0.392 e. The molecule has 1 aromatic heterocycles. The largest absolute Gasteiger partial charge is 0.392 e. The highest BCUT2D eigenvalue weighted by Gasteiger charge is 2.35. The van der Waals surface area contributed by atoms with Crippen LogP contribution in [0, 0.1) is 5.41 Å². The quantitative estimate of drug-likeness (QED) is 0.386. The molecule has 22 heavy (non-hydrogen) atoms. The van der Waals surface area contributed by atoms with Crippen LogP contribution in [0.3, 0.4) is 0 Å². The molecule has 6 nitrogen and oxygen atoms in total. The summed E-state index contributed by atoms with van der Waals surface area (Å²) in [5.41, 5.74) is 0.721. The summed E-state index contributed by atoms with van der Waals surface area (Å²) in [6.07, 6.45) is 5.55. The average molecular weight is 422 g/mol. The van der Waals surface area contributed by atoms with E-state index in [9.17, 15) is 5.11 Å². The van der Waals surface area contributed by atoms with Crippen LogP contribution in [0.25, 0.3) is 0 Å². The van der Waals surface area contributed by atoms with Gasteiger partial charge in [0.05, 0.1) is 12.6 Å². The van der Waals surface area contributed by atoms with Crippen LogP contribution in [0.1, 0.15) is 45.2 Å². The number of nitrogens with one attached hydrogen (secondary N) is 2. The van der Waals surface area contributed by atoms with E-state index in [0.717, 1.165) is 44.0 Å². The number of aliphatic hydroxyl groups excluding tert-OH is 1. The van der Waals surface area contributed by atoms with Gasteiger partial charge in [-0.3, -0.25) is 0 Å². The monoisotopic (exact) mass is 422 g/mol. The average Bonchev–Trinajstić information content (AvgIpc) is 2.99. The number of aromatic nitrogens is 1. The first-order valence-corrected chi connectivity index (χ1v) is 7.73. The molecule has 2 unspecified atom stereocenters. The van der Waals surface area contributed by atoms with Crippen molar-refractivity contribution in [2.24, 2.45) is 10.4 Å². The van der Waals surface area contributed by atoms with Gasteiger partial charge in [0, 0.05) is 24.6 Å². The van der Waals surface area contributed by atoms with Crippen molar-refractivity contribution in [1.82, 2.24) is 15.8 Å². The van der Waals surface area contributed by atoms with E-state index in [1.807, 2.05) is 6.92 Å². The molecule has 1 fully saturated rings. The Morgan fingerprint density at radius 3 is 2.95 bits per heavy atom. The summed E-state index contributed by atoms with van der Waals surface area (Å²) < 4.78 is 4.80. The van der Waals surface area contributed by atoms with Crippen molar-refractivity contribution in [2.45, 2.75) is 52.2 Å². The second-order valence-corrected chi connectivity index (χ2v) is 5.96. The highest BCUT2D eigenvalue weighted by molar-refractivity contribution is 14.0. The van der Waals surface area contributed by atoms with Crippen molar-refractivity contribution in [3.63, 3.8) is 0 Å². The highest BCUT2D eigenvalue weighted by atomic mass is 127. The van der Waals surface area contributed by atoms with Crippen molar-refractivity contribution >= 4 is 29.9 Å². The van der Waals surface area contributed by atoms with E-state index < -0.39 is 0 Å². The third-order valence-corrected chi connectivity index (χ3v) is 4.17. The molecule has 1 saturated carbocycles. The fraction of sp³-hybridized carbons (Fsp3) is 0.733. The van der Waals surface area contributed by atoms with E-state index in [2.05, 4.69) is 27.7 Å². The maximum Gasteiger partial charge on any atom is 0.191 e. The van der Waals surface area contributed by atoms with Crippen LogP contribution in [-0.4, -0.2) is 35.4 Å². The summed E-state index contributed by atoms with van der Waals surface area (Å²) in [5, 5.41) is 20.6. The van der Waals surface area contributed by atoms with Crippen LogP contribution in [0.15, 0.2) is 21.8 Å². The van der Waals surface area contributed by atoms with Gasteiger partial charge in [0.25, 0.3) is 0 Å².